The lowest BCUT2D eigenvalue weighted by Gasteiger charge is -2.31. The number of carbonyl (C=O) groups excluding carboxylic acids is 3. The second kappa shape index (κ2) is 13.4. The first kappa shape index (κ1) is 28.3. The van der Waals surface area contributed by atoms with Crippen molar-refractivity contribution in [3.63, 3.8) is 0 Å². The SMILES string of the molecule is COC(=O)CC[C@H]1CC[C@@H](NC(=O)C(c2ccc(CN3N=C(c4ccccc4)OCC3=O)cc2)C(C)C)CC1. The Balaban J connectivity index is 1.34. The highest BCUT2D eigenvalue weighted by Crippen LogP contribution is 2.30. The Morgan fingerprint density at radius 2 is 1.74 bits per heavy atom. The lowest BCUT2D eigenvalue weighted by Crippen LogP contribution is -2.41. The van der Waals surface area contributed by atoms with Gasteiger partial charge in [-0.1, -0.05) is 56.3 Å². The lowest BCUT2D eigenvalue weighted by molar-refractivity contribution is -0.141. The molecule has 208 valence electrons. The van der Waals surface area contributed by atoms with Crippen molar-refractivity contribution in [3.8, 4) is 0 Å². The number of amides is 2. The van der Waals surface area contributed by atoms with Gasteiger partial charge in [0, 0.05) is 18.0 Å². The number of hydrogen-bond donors (Lipinski definition) is 1. The summed E-state index contributed by atoms with van der Waals surface area (Å²) in [6.07, 6.45) is 5.20. The minimum Gasteiger partial charge on any atom is -0.469 e. The zero-order valence-corrected chi connectivity index (χ0v) is 23.1. The molecule has 39 heavy (non-hydrogen) atoms. The van der Waals surface area contributed by atoms with Crippen molar-refractivity contribution >= 4 is 23.7 Å². The summed E-state index contributed by atoms with van der Waals surface area (Å²) in [6, 6.07) is 17.6. The van der Waals surface area contributed by atoms with Gasteiger partial charge in [-0.05, 0) is 67.2 Å². The number of ether oxygens (including phenoxy) is 2. The van der Waals surface area contributed by atoms with Gasteiger partial charge in [0.2, 0.25) is 11.8 Å². The quantitative estimate of drug-likeness (QED) is 0.444. The molecule has 1 saturated carbocycles. The largest absolute Gasteiger partial charge is 0.469 e. The summed E-state index contributed by atoms with van der Waals surface area (Å²) >= 11 is 0. The van der Waals surface area contributed by atoms with Gasteiger partial charge in [0.1, 0.15) is 0 Å². The van der Waals surface area contributed by atoms with Gasteiger partial charge < -0.3 is 14.8 Å². The van der Waals surface area contributed by atoms with E-state index in [-0.39, 0.29) is 42.3 Å². The summed E-state index contributed by atoms with van der Waals surface area (Å²) in [7, 11) is 1.43. The molecule has 2 aliphatic rings. The Hall–Kier alpha value is -3.68. The van der Waals surface area contributed by atoms with E-state index in [2.05, 4.69) is 24.3 Å². The number of hydrogen-bond acceptors (Lipinski definition) is 6. The van der Waals surface area contributed by atoms with Crippen LogP contribution in [0.4, 0.5) is 0 Å². The number of nitrogens with one attached hydrogen (secondary N) is 1. The van der Waals surface area contributed by atoms with Crippen molar-refractivity contribution in [2.75, 3.05) is 13.7 Å². The molecule has 1 heterocycles. The van der Waals surface area contributed by atoms with Gasteiger partial charge in [-0.25, -0.2) is 5.01 Å². The fraction of sp³-hybridized carbons (Fsp3) is 0.484. The van der Waals surface area contributed by atoms with Crippen LogP contribution >= 0.6 is 0 Å². The van der Waals surface area contributed by atoms with Crippen LogP contribution in [0.25, 0.3) is 0 Å². The summed E-state index contributed by atoms with van der Waals surface area (Å²) in [5.74, 6) is 0.514. The molecule has 0 bridgehead atoms. The van der Waals surface area contributed by atoms with Gasteiger partial charge in [-0.3, -0.25) is 14.4 Å². The molecule has 1 unspecified atom stereocenters. The summed E-state index contributed by atoms with van der Waals surface area (Å²) in [4.78, 5) is 37.2. The van der Waals surface area contributed by atoms with E-state index in [9.17, 15) is 14.4 Å². The van der Waals surface area contributed by atoms with Crippen molar-refractivity contribution in [2.24, 2.45) is 16.9 Å². The highest BCUT2D eigenvalue weighted by Gasteiger charge is 2.29. The van der Waals surface area contributed by atoms with Crippen LogP contribution in [0, 0.1) is 11.8 Å². The molecule has 8 nitrogen and oxygen atoms in total. The fourth-order valence-electron chi connectivity index (χ4n) is 5.40. The molecule has 1 aliphatic heterocycles. The summed E-state index contributed by atoms with van der Waals surface area (Å²) in [5, 5.41) is 9.15. The second-order valence-corrected chi connectivity index (χ2v) is 10.8. The standard InChI is InChI=1S/C31H39N3O5/c1-21(2)29(30(37)32-26-16-11-22(12-17-26)13-18-28(36)38-3)24-14-9-23(10-15-24)19-34-27(35)20-39-31(33-34)25-7-5-4-6-8-25/h4-10,14-15,21-22,26,29H,11-13,16-20H2,1-3H3,(H,32,37)/t22-,26+,29?. The predicted octanol–water partition coefficient (Wildman–Crippen LogP) is 4.78. The number of rotatable bonds is 10. The van der Waals surface area contributed by atoms with E-state index in [4.69, 9.17) is 9.47 Å². The van der Waals surface area contributed by atoms with Crippen molar-refractivity contribution < 1.29 is 23.9 Å². The molecule has 0 radical (unpaired) electrons. The second-order valence-electron chi connectivity index (χ2n) is 10.8. The minimum atomic E-state index is -0.260. The monoisotopic (exact) mass is 533 g/mol. The number of carbonyl (C=O) groups is 3. The van der Waals surface area contributed by atoms with Crippen molar-refractivity contribution in [3.05, 3.63) is 71.3 Å². The van der Waals surface area contributed by atoms with Crippen LogP contribution in [0.3, 0.4) is 0 Å². The molecule has 0 spiro atoms. The lowest BCUT2D eigenvalue weighted by atomic mass is 9.82. The van der Waals surface area contributed by atoms with E-state index in [0.29, 0.717) is 24.8 Å². The third-order valence-corrected chi connectivity index (χ3v) is 7.65. The van der Waals surface area contributed by atoms with E-state index < -0.39 is 0 Å². The normalized spacial score (nSPS) is 20.2. The van der Waals surface area contributed by atoms with E-state index in [1.165, 1.54) is 12.1 Å². The highest BCUT2D eigenvalue weighted by atomic mass is 16.5. The maximum atomic E-state index is 13.3. The van der Waals surface area contributed by atoms with Gasteiger partial charge in [0.15, 0.2) is 6.61 Å². The predicted molar refractivity (Wildman–Crippen MR) is 149 cm³/mol. The van der Waals surface area contributed by atoms with Crippen LogP contribution < -0.4 is 5.32 Å². The van der Waals surface area contributed by atoms with E-state index in [1.807, 2.05) is 54.6 Å². The average molecular weight is 534 g/mol. The number of esters is 1. The Morgan fingerprint density at radius 1 is 1.05 bits per heavy atom. The van der Waals surface area contributed by atoms with Gasteiger partial charge in [-0.2, -0.15) is 0 Å². The highest BCUT2D eigenvalue weighted by molar-refractivity contribution is 5.97. The third kappa shape index (κ3) is 7.68. The molecular weight excluding hydrogens is 494 g/mol. The fourth-order valence-corrected chi connectivity index (χ4v) is 5.40. The van der Waals surface area contributed by atoms with Crippen LogP contribution in [-0.4, -0.2) is 48.4 Å². The zero-order chi connectivity index (χ0) is 27.8. The smallest absolute Gasteiger partial charge is 0.305 e. The molecule has 1 atom stereocenters. The molecule has 0 aromatic heterocycles. The molecule has 8 heteroatoms. The van der Waals surface area contributed by atoms with Crippen LogP contribution in [-0.2, 0) is 30.4 Å². The first-order chi connectivity index (χ1) is 18.8. The Morgan fingerprint density at radius 3 is 2.38 bits per heavy atom. The van der Waals surface area contributed by atoms with Crippen LogP contribution in [0.15, 0.2) is 59.7 Å². The maximum absolute atomic E-state index is 13.3. The maximum Gasteiger partial charge on any atom is 0.305 e. The summed E-state index contributed by atoms with van der Waals surface area (Å²) < 4.78 is 10.3. The van der Waals surface area contributed by atoms with Crippen LogP contribution in [0.1, 0.15) is 75.0 Å². The molecule has 1 N–H and O–H groups in total. The molecule has 2 aromatic rings. The average Bonchev–Trinajstić information content (AvgIpc) is 2.95. The molecular formula is C31H39N3O5. The summed E-state index contributed by atoms with van der Waals surface area (Å²) in [5.41, 5.74) is 2.71. The van der Waals surface area contributed by atoms with E-state index >= 15 is 0 Å². The topological polar surface area (TPSA) is 97.3 Å². The van der Waals surface area contributed by atoms with Crippen molar-refractivity contribution in [2.45, 2.75) is 70.9 Å². The van der Waals surface area contributed by atoms with Gasteiger partial charge >= 0.3 is 5.97 Å². The molecule has 1 fully saturated rings. The number of hydrazone groups is 1. The van der Waals surface area contributed by atoms with Gasteiger partial charge in [0.05, 0.1) is 19.6 Å². The first-order valence-corrected chi connectivity index (χ1v) is 13.9. The Bertz CT molecular complexity index is 1150. The van der Waals surface area contributed by atoms with E-state index in [0.717, 1.165) is 48.8 Å². The summed E-state index contributed by atoms with van der Waals surface area (Å²) in [6.45, 7) is 4.41. The Kier molecular flexibility index (Phi) is 9.74. The van der Waals surface area contributed by atoms with Crippen LogP contribution in [0.2, 0.25) is 0 Å². The number of benzene rings is 2. The van der Waals surface area contributed by atoms with Gasteiger partial charge in [0.25, 0.3) is 5.91 Å². The molecule has 4 rings (SSSR count). The first-order valence-electron chi connectivity index (χ1n) is 13.9. The zero-order valence-electron chi connectivity index (χ0n) is 23.1. The van der Waals surface area contributed by atoms with Crippen LogP contribution in [0.5, 0.6) is 0 Å². The molecule has 2 amide bonds. The third-order valence-electron chi connectivity index (χ3n) is 7.65. The van der Waals surface area contributed by atoms with Crippen molar-refractivity contribution in [1.82, 2.24) is 10.3 Å². The number of methoxy groups -OCH3 is 1. The van der Waals surface area contributed by atoms with Crippen molar-refractivity contribution in [1.29, 1.82) is 0 Å². The molecule has 0 saturated heterocycles. The van der Waals surface area contributed by atoms with E-state index in [1.54, 1.807) is 0 Å². The Labute approximate surface area is 230 Å². The molecule has 2 aromatic carbocycles. The number of nitrogens with zero attached hydrogens (tertiary/aromatic N) is 2. The molecule has 1 aliphatic carbocycles. The minimum absolute atomic E-state index is 0.0470. The van der Waals surface area contributed by atoms with Gasteiger partial charge in [-0.15, -0.1) is 5.10 Å².